The van der Waals surface area contributed by atoms with Crippen LogP contribution in [0.4, 0.5) is 0 Å². The Kier molecular flexibility index (Phi) is 5.46. The van der Waals surface area contributed by atoms with Gasteiger partial charge in [0.05, 0.1) is 0 Å². The van der Waals surface area contributed by atoms with E-state index in [-0.39, 0.29) is 0 Å². The second-order valence-electron chi connectivity index (χ2n) is 6.52. The average Bonchev–Trinajstić information content (AvgIpc) is 2.78. The highest BCUT2D eigenvalue weighted by Crippen LogP contribution is 2.25. The zero-order valence-electron chi connectivity index (χ0n) is 12.5. The van der Waals surface area contributed by atoms with Gasteiger partial charge >= 0.3 is 0 Å². The van der Waals surface area contributed by atoms with Gasteiger partial charge in [-0.05, 0) is 58.3 Å². The van der Waals surface area contributed by atoms with Crippen LogP contribution in [0.25, 0.3) is 0 Å². The molecule has 106 valence electrons. The van der Waals surface area contributed by atoms with Crippen LogP contribution in [0, 0.1) is 5.92 Å². The number of likely N-dealkylation sites (N-methyl/N-ethyl adjacent to an activating group) is 1. The third kappa shape index (κ3) is 3.69. The van der Waals surface area contributed by atoms with Crippen LogP contribution in [0.2, 0.25) is 0 Å². The van der Waals surface area contributed by atoms with E-state index in [4.69, 9.17) is 0 Å². The maximum absolute atomic E-state index is 3.36. The van der Waals surface area contributed by atoms with Crippen molar-refractivity contribution in [3.05, 3.63) is 0 Å². The lowest BCUT2D eigenvalue weighted by atomic mass is 10.0. The molecule has 1 unspecified atom stereocenters. The third-order valence-electron chi connectivity index (χ3n) is 4.51. The number of hydrogen-bond acceptors (Lipinski definition) is 3. The molecular weight excluding hydrogens is 222 g/mol. The lowest BCUT2D eigenvalue weighted by Gasteiger charge is -2.40. The second-order valence-corrected chi connectivity index (χ2v) is 6.52. The van der Waals surface area contributed by atoms with Gasteiger partial charge in [-0.1, -0.05) is 13.8 Å². The Hall–Kier alpha value is -0.120. The summed E-state index contributed by atoms with van der Waals surface area (Å²) in [4.78, 5) is 5.45. The molecule has 2 saturated heterocycles. The molecule has 2 heterocycles. The zero-order valence-corrected chi connectivity index (χ0v) is 12.5. The SMILES string of the molecule is CNCC1CCCN1C1CCN(CC(C)C)CC1. The third-order valence-corrected chi connectivity index (χ3v) is 4.51. The molecule has 2 fully saturated rings. The predicted molar refractivity (Wildman–Crippen MR) is 78.0 cm³/mol. The number of nitrogens with one attached hydrogen (secondary N) is 1. The summed E-state index contributed by atoms with van der Waals surface area (Å²) in [5, 5.41) is 3.36. The van der Waals surface area contributed by atoms with Gasteiger partial charge in [0.2, 0.25) is 0 Å². The van der Waals surface area contributed by atoms with Crippen LogP contribution in [-0.4, -0.2) is 61.7 Å². The summed E-state index contributed by atoms with van der Waals surface area (Å²) in [6.07, 6.45) is 5.56. The van der Waals surface area contributed by atoms with Crippen molar-refractivity contribution in [3.8, 4) is 0 Å². The summed E-state index contributed by atoms with van der Waals surface area (Å²) in [5.74, 6) is 0.811. The first-order chi connectivity index (χ1) is 8.70. The van der Waals surface area contributed by atoms with Gasteiger partial charge in [-0.25, -0.2) is 0 Å². The van der Waals surface area contributed by atoms with Crippen LogP contribution in [0.5, 0.6) is 0 Å². The van der Waals surface area contributed by atoms with Gasteiger partial charge in [0.1, 0.15) is 0 Å². The van der Waals surface area contributed by atoms with Gasteiger partial charge in [-0.2, -0.15) is 0 Å². The van der Waals surface area contributed by atoms with Crippen molar-refractivity contribution >= 4 is 0 Å². The summed E-state index contributed by atoms with van der Waals surface area (Å²) in [5.41, 5.74) is 0. The summed E-state index contributed by atoms with van der Waals surface area (Å²) in [6.45, 7) is 11.1. The van der Waals surface area contributed by atoms with Crippen molar-refractivity contribution in [2.75, 3.05) is 39.8 Å². The van der Waals surface area contributed by atoms with Crippen LogP contribution in [0.1, 0.15) is 39.5 Å². The summed E-state index contributed by atoms with van der Waals surface area (Å²) in [6, 6.07) is 1.66. The number of piperidine rings is 1. The fourth-order valence-electron chi connectivity index (χ4n) is 3.74. The van der Waals surface area contributed by atoms with E-state index < -0.39 is 0 Å². The normalized spacial score (nSPS) is 28.3. The van der Waals surface area contributed by atoms with E-state index in [0.717, 1.165) is 18.0 Å². The number of nitrogens with zero attached hydrogens (tertiary/aromatic N) is 2. The largest absolute Gasteiger partial charge is 0.318 e. The molecule has 3 nitrogen and oxygen atoms in total. The van der Waals surface area contributed by atoms with Gasteiger partial charge in [-0.3, -0.25) is 4.90 Å². The molecule has 0 radical (unpaired) electrons. The van der Waals surface area contributed by atoms with E-state index in [9.17, 15) is 0 Å². The molecule has 0 bridgehead atoms. The molecule has 18 heavy (non-hydrogen) atoms. The lowest BCUT2D eigenvalue weighted by molar-refractivity contribution is 0.0932. The zero-order chi connectivity index (χ0) is 13.0. The highest BCUT2D eigenvalue weighted by molar-refractivity contribution is 4.88. The van der Waals surface area contributed by atoms with Crippen LogP contribution in [-0.2, 0) is 0 Å². The minimum absolute atomic E-state index is 0.802. The fraction of sp³-hybridized carbons (Fsp3) is 1.00. The Morgan fingerprint density at radius 2 is 1.83 bits per heavy atom. The molecular formula is C15H31N3. The number of likely N-dealkylation sites (tertiary alicyclic amines) is 2. The maximum atomic E-state index is 3.36. The minimum Gasteiger partial charge on any atom is -0.318 e. The first kappa shape index (κ1) is 14.3. The van der Waals surface area contributed by atoms with Crippen molar-refractivity contribution in [1.29, 1.82) is 0 Å². The first-order valence-electron chi connectivity index (χ1n) is 7.83. The molecule has 0 amide bonds. The van der Waals surface area contributed by atoms with Gasteiger partial charge in [0.25, 0.3) is 0 Å². The van der Waals surface area contributed by atoms with Crippen LogP contribution in [0.3, 0.4) is 0 Å². The van der Waals surface area contributed by atoms with Crippen molar-refractivity contribution < 1.29 is 0 Å². The topological polar surface area (TPSA) is 18.5 Å². The minimum atomic E-state index is 0.802. The Morgan fingerprint density at radius 1 is 1.11 bits per heavy atom. The van der Waals surface area contributed by atoms with E-state index in [1.54, 1.807) is 0 Å². The van der Waals surface area contributed by atoms with E-state index >= 15 is 0 Å². The van der Waals surface area contributed by atoms with Gasteiger partial charge < -0.3 is 10.2 Å². The molecule has 2 aliphatic heterocycles. The van der Waals surface area contributed by atoms with Gasteiger partial charge in [-0.15, -0.1) is 0 Å². The van der Waals surface area contributed by atoms with E-state index in [1.165, 1.54) is 58.4 Å². The van der Waals surface area contributed by atoms with Gasteiger partial charge in [0, 0.05) is 25.2 Å². The Labute approximate surface area is 113 Å². The molecule has 0 aromatic rings. The maximum Gasteiger partial charge on any atom is 0.0223 e. The average molecular weight is 253 g/mol. The molecule has 2 aliphatic rings. The fourth-order valence-corrected chi connectivity index (χ4v) is 3.74. The molecule has 0 saturated carbocycles. The van der Waals surface area contributed by atoms with Crippen molar-refractivity contribution in [1.82, 2.24) is 15.1 Å². The molecule has 3 heteroatoms. The quantitative estimate of drug-likeness (QED) is 0.806. The molecule has 2 rings (SSSR count). The van der Waals surface area contributed by atoms with E-state index in [0.29, 0.717) is 0 Å². The highest BCUT2D eigenvalue weighted by atomic mass is 15.2. The highest BCUT2D eigenvalue weighted by Gasteiger charge is 2.32. The van der Waals surface area contributed by atoms with E-state index in [2.05, 4.69) is 36.0 Å². The lowest BCUT2D eigenvalue weighted by Crippen LogP contribution is -2.49. The number of rotatable bonds is 5. The predicted octanol–water partition coefficient (Wildman–Crippen LogP) is 1.79. The second kappa shape index (κ2) is 6.88. The van der Waals surface area contributed by atoms with Crippen LogP contribution < -0.4 is 5.32 Å². The summed E-state index contributed by atoms with van der Waals surface area (Å²) >= 11 is 0. The van der Waals surface area contributed by atoms with Crippen molar-refractivity contribution in [2.45, 2.75) is 51.6 Å². The Morgan fingerprint density at radius 3 is 2.44 bits per heavy atom. The molecule has 0 spiro atoms. The first-order valence-corrected chi connectivity index (χ1v) is 7.83. The number of hydrogen-bond donors (Lipinski definition) is 1. The monoisotopic (exact) mass is 253 g/mol. The molecule has 0 aromatic heterocycles. The Bertz CT molecular complexity index is 234. The summed E-state index contributed by atoms with van der Waals surface area (Å²) in [7, 11) is 2.09. The standard InChI is InChI=1S/C15H31N3/c1-13(2)12-17-9-6-14(7-10-17)18-8-4-5-15(18)11-16-3/h13-16H,4-12H2,1-3H3. The molecule has 1 N–H and O–H groups in total. The molecule has 1 atom stereocenters. The van der Waals surface area contributed by atoms with Crippen molar-refractivity contribution in [2.24, 2.45) is 5.92 Å². The molecule has 0 aromatic carbocycles. The van der Waals surface area contributed by atoms with Crippen LogP contribution in [0.15, 0.2) is 0 Å². The molecule has 0 aliphatic carbocycles. The van der Waals surface area contributed by atoms with E-state index in [1.807, 2.05) is 0 Å². The smallest absolute Gasteiger partial charge is 0.0223 e. The van der Waals surface area contributed by atoms with Gasteiger partial charge in [0.15, 0.2) is 0 Å². The summed E-state index contributed by atoms with van der Waals surface area (Å²) < 4.78 is 0. The van der Waals surface area contributed by atoms with Crippen molar-refractivity contribution in [3.63, 3.8) is 0 Å². The van der Waals surface area contributed by atoms with Crippen LogP contribution >= 0.6 is 0 Å². The Balaban J connectivity index is 1.78.